The fourth-order valence-corrected chi connectivity index (χ4v) is 2.59. The molecular formula is C18H14FNO3. The van der Waals surface area contributed by atoms with Crippen molar-refractivity contribution in [3.05, 3.63) is 59.4 Å². The maximum absolute atomic E-state index is 13.6. The lowest BCUT2D eigenvalue weighted by Gasteiger charge is -2.12. The van der Waals surface area contributed by atoms with Gasteiger partial charge in [0.1, 0.15) is 11.6 Å². The molecule has 0 unspecified atom stereocenters. The standard InChI is InChI=1S/C18H14FNO3/c1-10-4-3-5-12-13(18(21)22)9-15(20-17(10)12)14-8-11(19)6-7-16(14)23-2/h3-9H,1-2H3,(H,21,22). The summed E-state index contributed by atoms with van der Waals surface area (Å²) in [4.78, 5) is 16.1. The monoisotopic (exact) mass is 311 g/mol. The number of carboxylic acid groups (broad SMARTS) is 1. The number of hydrogen-bond donors (Lipinski definition) is 1. The maximum atomic E-state index is 13.6. The van der Waals surface area contributed by atoms with Gasteiger partial charge in [0.05, 0.1) is 23.9 Å². The van der Waals surface area contributed by atoms with E-state index in [-0.39, 0.29) is 5.56 Å². The van der Waals surface area contributed by atoms with Crippen LogP contribution in [-0.4, -0.2) is 23.2 Å². The summed E-state index contributed by atoms with van der Waals surface area (Å²) in [5, 5.41) is 10.0. The number of carbonyl (C=O) groups is 1. The van der Waals surface area contributed by atoms with Crippen LogP contribution in [0.4, 0.5) is 4.39 Å². The molecule has 1 aromatic heterocycles. The summed E-state index contributed by atoms with van der Waals surface area (Å²) in [5.41, 5.74) is 2.33. The summed E-state index contributed by atoms with van der Waals surface area (Å²) in [5.74, 6) is -1.06. The molecule has 0 saturated heterocycles. The van der Waals surface area contributed by atoms with E-state index in [0.717, 1.165) is 5.56 Å². The number of methoxy groups -OCH3 is 1. The second kappa shape index (κ2) is 5.68. The van der Waals surface area contributed by atoms with Crippen molar-refractivity contribution in [3.8, 4) is 17.0 Å². The minimum absolute atomic E-state index is 0.125. The average molecular weight is 311 g/mol. The van der Waals surface area contributed by atoms with Crippen LogP contribution in [-0.2, 0) is 0 Å². The number of aromatic carboxylic acids is 1. The van der Waals surface area contributed by atoms with Crippen LogP contribution in [0.1, 0.15) is 15.9 Å². The molecule has 4 nitrogen and oxygen atoms in total. The SMILES string of the molecule is COc1ccc(F)cc1-c1cc(C(=O)O)c2cccc(C)c2n1. The van der Waals surface area contributed by atoms with E-state index in [1.54, 1.807) is 12.1 Å². The number of rotatable bonds is 3. The van der Waals surface area contributed by atoms with Crippen LogP contribution in [0.3, 0.4) is 0 Å². The second-order valence-corrected chi connectivity index (χ2v) is 5.18. The Morgan fingerprint density at radius 2 is 2.00 bits per heavy atom. The van der Waals surface area contributed by atoms with Crippen molar-refractivity contribution in [1.82, 2.24) is 4.98 Å². The number of benzene rings is 2. The minimum Gasteiger partial charge on any atom is -0.496 e. The van der Waals surface area contributed by atoms with Gasteiger partial charge in [-0.2, -0.15) is 0 Å². The topological polar surface area (TPSA) is 59.4 Å². The van der Waals surface area contributed by atoms with Gasteiger partial charge in [-0.25, -0.2) is 14.2 Å². The Morgan fingerprint density at radius 3 is 2.70 bits per heavy atom. The van der Waals surface area contributed by atoms with Gasteiger partial charge >= 0.3 is 5.97 Å². The van der Waals surface area contributed by atoms with Crippen molar-refractivity contribution in [2.75, 3.05) is 7.11 Å². The molecule has 5 heteroatoms. The highest BCUT2D eigenvalue weighted by atomic mass is 19.1. The van der Waals surface area contributed by atoms with Gasteiger partial charge in [0, 0.05) is 10.9 Å². The van der Waals surface area contributed by atoms with Crippen LogP contribution >= 0.6 is 0 Å². The smallest absolute Gasteiger partial charge is 0.336 e. The Bertz CT molecular complexity index is 922. The fourth-order valence-electron chi connectivity index (χ4n) is 2.59. The van der Waals surface area contributed by atoms with Gasteiger partial charge in [-0.15, -0.1) is 0 Å². The Hall–Kier alpha value is -2.95. The van der Waals surface area contributed by atoms with E-state index in [2.05, 4.69) is 4.98 Å². The Morgan fingerprint density at radius 1 is 1.22 bits per heavy atom. The summed E-state index contributed by atoms with van der Waals surface area (Å²) >= 11 is 0. The predicted octanol–water partition coefficient (Wildman–Crippen LogP) is 4.06. The predicted molar refractivity (Wildman–Crippen MR) is 85.4 cm³/mol. The molecule has 0 atom stereocenters. The number of pyridine rings is 1. The average Bonchev–Trinajstić information content (AvgIpc) is 2.54. The maximum Gasteiger partial charge on any atom is 0.336 e. The molecular weight excluding hydrogens is 297 g/mol. The number of hydrogen-bond acceptors (Lipinski definition) is 3. The highest BCUT2D eigenvalue weighted by molar-refractivity contribution is 6.04. The molecule has 0 saturated carbocycles. The zero-order chi connectivity index (χ0) is 16.6. The molecule has 0 aliphatic heterocycles. The number of para-hydroxylation sites is 1. The van der Waals surface area contributed by atoms with Gasteiger partial charge in [-0.05, 0) is 36.8 Å². The number of halogens is 1. The van der Waals surface area contributed by atoms with Crippen LogP contribution < -0.4 is 4.74 Å². The molecule has 0 radical (unpaired) electrons. The number of ether oxygens (including phenoxy) is 1. The van der Waals surface area contributed by atoms with Gasteiger partial charge in [0.15, 0.2) is 0 Å². The number of carboxylic acids is 1. The van der Waals surface area contributed by atoms with Crippen molar-refractivity contribution < 1.29 is 19.0 Å². The fraction of sp³-hybridized carbons (Fsp3) is 0.111. The zero-order valence-electron chi connectivity index (χ0n) is 12.6. The molecule has 2 aromatic carbocycles. The lowest BCUT2D eigenvalue weighted by Crippen LogP contribution is -2.02. The molecule has 0 spiro atoms. The lowest BCUT2D eigenvalue weighted by atomic mass is 10.0. The molecule has 0 aliphatic rings. The highest BCUT2D eigenvalue weighted by Gasteiger charge is 2.16. The first-order chi connectivity index (χ1) is 11.0. The van der Waals surface area contributed by atoms with E-state index in [9.17, 15) is 14.3 Å². The number of aryl methyl sites for hydroxylation is 1. The van der Waals surface area contributed by atoms with Crippen molar-refractivity contribution in [2.45, 2.75) is 6.92 Å². The number of nitrogens with zero attached hydrogens (tertiary/aromatic N) is 1. The largest absolute Gasteiger partial charge is 0.496 e. The quantitative estimate of drug-likeness (QED) is 0.792. The van der Waals surface area contributed by atoms with Gasteiger partial charge in [-0.1, -0.05) is 18.2 Å². The van der Waals surface area contributed by atoms with Crippen LogP contribution in [0.2, 0.25) is 0 Å². The Balaban J connectivity index is 2.37. The third-order valence-corrected chi connectivity index (χ3v) is 3.71. The molecule has 0 fully saturated rings. The molecule has 0 aliphatic carbocycles. The van der Waals surface area contributed by atoms with Crippen molar-refractivity contribution in [1.29, 1.82) is 0 Å². The molecule has 3 rings (SSSR count). The third kappa shape index (κ3) is 2.61. The first-order valence-electron chi connectivity index (χ1n) is 6.99. The summed E-state index contributed by atoms with van der Waals surface area (Å²) in [7, 11) is 1.47. The van der Waals surface area contributed by atoms with E-state index < -0.39 is 11.8 Å². The summed E-state index contributed by atoms with van der Waals surface area (Å²) in [6.45, 7) is 1.85. The van der Waals surface area contributed by atoms with Crippen LogP contribution in [0, 0.1) is 12.7 Å². The summed E-state index contributed by atoms with van der Waals surface area (Å²) < 4.78 is 18.9. The van der Waals surface area contributed by atoms with Crippen LogP contribution in [0.5, 0.6) is 5.75 Å². The second-order valence-electron chi connectivity index (χ2n) is 5.18. The van der Waals surface area contributed by atoms with Crippen molar-refractivity contribution >= 4 is 16.9 Å². The van der Waals surface area contributed by atoms with Crippen LogP contribution in [0.25, 0.3) is 22.2 Å². The summed E-state index contributed by atoms with van der Waals surface area (Å²) in [6, 6.07) is 10.9. The molecule has 23 heavy (non-hydrogen) atoms. The molecule has 0 bridgehead atoms. The number of aromatic nitrogens is 1. The third-order valence-electron chi connectivity index (χ3n) is 3.71. The normalized spacial score (nSPS) is 10.7. The lowest BCUT2D eigenvalue weighted by molar-refractivity contribution is 0.0699. The van der Waals surface area contributed by atoms with E-state index >= 15 is 0 Å². The van der Waals surface area contributed by atoms with Gasteiger partial charge in [0.25, 0.3) is 0 Å². The molecule has 3 aromatic rings. The minimum atomic E-state index is -1.06. The molecule has 1 N–H and O–H groups in total. The van der Waals surface area contributed by atoms with E-state index in [1.165, 1.54) is 31.4 Å². The van der Waals surface area contributed by atoms with Gasteiger partial charge < -0.3 is 9.84 Å². The van der Waals surface area contributed by atoms with Crippen molar-refractivity contribution in [3.63, 3.8) is 0 Å². The number of fused-ring (bicyclic) bond motifs is 1. The molecule has 1 heterocycles. The Kier molecular flexibility index (Phi) is 3.70. The summed E-state index contributed by atoms with van der Waals surface area (Å²) in [6.07, 6.45) is 0. The Labute approximate surface area is 132 Å². The zero-order valence-corrected chi connectivity index (χ0v) is 12.6. The van der Waals surface area contributed by atoms with Crippen LogP contribution in [0.15, 0.2) is 42.5 Å². The molecule has 0 amide bonds. The van der Waals surface area contributed by atoms with E-state index in [4.69, 9.17) is 4.74 Å². The highest BCUT2D eigenvalue weighted by Crippen LogP contribution is 2.32. The van der Waals surface area contributed by atoms with Gasteiger partial charge in [0.2, 0.25) is 0 Å². The van der Waals surface area contributed by atoms with E-state index in [0.29, 0.717) is 27.9 Å². The molecule has 116 valence electrons. The van der Waals surface area contributed by atoms with Gasteiger partial charge in [-0.3, -0.25) is 0 Å². The first kappa shape index (κ1) is 15.0. The van der Waals surface area contributed by atoms with Crippen molar-refractivity contribution in [2.24, 2.45) is 0 Å². The first-order valence-corrected chi connectivity index (χ1v) is 6.99. The van der Waals surface area contributed by atoms with E-state index in [1.807, 2.05) is 13.0 Å².